The standard InChI is InChI=1S/C12H16O3/c1-7(6-11(13)14)10-4-8(2)12(15)9(3)5-10/h4-5,7,15H,6H2,1-3H3,(H,13,14)/p-1. The van der Waals surface area contributed by atoms with Gasteiger partial charge in [-0.25, -0.2) is 0 Å². The molecule has 1 aromatic rings. The highest BCUT2D eigenvalue weighted by Gasteiger charge is 2.09. The summed E-state index contributed by atoms with van der Waals surface area (Å²) in [6.45, 7) is 5.44. The highest BCUT2D eigenvalue weighted by Crippen LogP contribution is 2.28. The van der Waals surface area contributed by atoms with Crippen LogP contribution in [0.5, 0.6) is 5.75 Å². The lowest BCUT2D eigenvalue weighted by atomic mass is 9.94. The number of aryl methyl sites for hydroxylation is 2. The van der Waals surface area contributed by atoms with E-state index in [1.165, 1.54) is 0 Å². The summed E-state index contributed by atoms with van der Waals surface area (Å²) in [5.74, 6) is -0.863. The van der Waals surface area contributed by atoms with Crippen molar-refractivity contribution in [3.8, 4) is 5.75 Å². The van der Waals surface area contributed by atoms with Gasteiger partial charge in [-0.1, -0.05) is 19.1 Å². The van der Waals surface area contributed by atoms with Crippen LogP contribution < -0.4 is 5.11 Å². The Morgan fingerprint density at radius 2 is 1.87 bits per heavy atom. The Bertz CT molecular complexity index is 359. The number of carboxylic acids is 1. The number of rotatable bonds is 3. The lowest BCUT2D eigenvalue weighted by molar-refractivity contribution is -0.306. The Balaban J connectivity index is 3.00. The van der Waals surface area contributed by atoms with Crippen molar-refractivity contribution in [2.45, 2.75) is 33.1 Å². The molecular weight excluding hydrogens is 192 g/mol. The predicted octanol–water partition coefficient (Wildman–Crippen LogP) is 1.25. The van der Waals surface area contributed by atoms with Gasteiger partial charge in [0.25, 0.3) is 0 Å². The van der Waals surface area contributed by atoms with E-state index in [0.717, 1.165) is 16.7 Å². The number of aliphatic carboxylic acids is 1. The van der Waals surface area contributed by atoms with Crippen LogP contribution in [0.25, 0.3) is 0 Å². The van der Waals surface area contributed by atoms with Crippen LogP contribution in [0, 0.1) is 13.8 Å². The second kappa shape index (κ2) is 4.34. The molecule has 0 radical (unpaired) electrons. The molecule has 3 nitrogen and oxygen atoms in total. The van der Waals surface area contributed by atoms with E-state index in [4.69, 9.17) is 0 Å². The first-order chi connectivity index (χ1) is 6.91. The molecule has 0 amide bonds. The highest BCUT2D eigenvalue weighted by atomic mass is 16.4. The van der Waals surface area contributed by atoms with Crippen molar-refractivity contribution in [2.75, 3.05) is 0 Å². The van der Waals surface area contributed by atoms with Crippen molar-refractivity contribution in [3.05, 3.63) is 28.8 Å². The molecule has 0 bridgehead atoms. The van der Waals surface area contributed by atoms with Crippen LogP contribution >= 0.6 is 0 Å². The van der Waals surface area contributed by atoms with Crippen molar-refractivity contribution in [1.29, 1.82) is 0 Å². The molecule has 82 valence electrons. The molecule has 1 N–H and O–H groups in total. The molecule has 0 saturated carbocycles. The third-order valence-electron chi connectivity index (χ3n) is 2.56. The predicted molar refractivity (Wildman–Crippen MR) is 55.6 cm³/mol. The van der Waals surface area contributed by atoms with Gasteiger partial charge in [-0.2, -0.15) is 0 Å². The summed E-state index contributed by atoms with van der Waals surface area (Å²) in [5.41, 5.74) is 2.47. The van der Waals surface area contributed by atoms with Gasteiger partial charge in [0.05, 0.1) is 0 Å². The van der Waals surface area contributed by atoms with Gasteiger partial charge < -0.3 is 15.0 Å². The number of phenols is 1. The van der Waals surface area contributed by atoms with Crippen molar-refractivity contribution in [1.82, 2.24) is 0 Å². The molecule has 0 saturated heterocycles. The second-order valence-electron chi connectivity index (χ2n) is 3.98. The minimum absolute atomic E-state index is 0.00363. The normalized spacial score (nSPS) is 12.5. The average molecular weight is 207 g/mol. The molecule has 1 rings (SSSR count). The van der Waals surface area contributed by atoms with Gasteiger partial charge in [0.2, 0.25) is 0 Å². The summed E-state index contributed by atoms with van der Waals surface area (Å²) in [4.78, 5) is 10.5. The van der Waals surface area contributed by atoms with Crippen LogP contribution in [0.15, 0.2) is 12.1 Å². The average Bonchev–Trinajstić information content (AvgIpc) is 2.12. The first-order valence-electron chi connectivity index (χ1n) is 4.91. The maximum Gasteiger partial charge on any atom is 0.121 e. The Morgan fingerprint density at radius 1 is 1.40 bits per heavy atom. The smallest absolute Gasteiger partial charge is 0.121 e. The Kier molecular flexibility index (Phi) is 3.35. The zero-order chi connectivity index (χ0) is 11.6. The number of aromatic hydroxyl groups is 1. The van der Waals surface area contributed by atoms with E-state index in [-0.39, 0.29) is 18.1 Å². The van der Waals surface area contributed by atoms with Crippen LogP contribution in [0.2, 0.25) is 0 Å². The molecular formula is C12H15O3-. The number of phenolic OH excluding ortho intramolecular Hbond substituents is 1. The van der Waals surface area contributed by atoms with Crippen LogP contribution in [0.3, 0.4) is 0 Å². The zero-order valence-electron chi connectivity index (χ0n) is 9.20. The Labute approximate surface area is 89.4 Å². The van der Waals surface area contributed by atoms with Crippen molar-refractivity contribution < 1.29 is 15.0 Å². The third-order valence-corrected chi connectivity index (χ3v) is 2.56. The van der Waals surface area contributed by atoms with Crippen LogP contribution in [0.4, 0.5) is 0 Å². The first kappa shape index (κ1) is 11.6. The summed E-state index contributed by atoms with van der Waals surface area (Å²) in [5, 5.41) is 20.0. The lowest BCUT2D eigenvalue weighted by Gasteiger charge is -2.15. The number of hydrogen-bond donors (Lipinski definition) is 1. The van der Waals surface area contributed by atoms with E-state index in [9.17, 15) is 15.0 Å². The van der Waals surface area contributed by atoms with E-state index in [1.54, 1.807) is 13.8 Å². The Hall–Kier alpha value is -1.51. The SMILES string of the molecule is Cc1cc(C(C)CC(=O)[O-])cc(C)c1O. The molecule has 0 fully saturated rings. The van der Waals surface area contributed by atoms with Crippen LogP contribution in [-0.4, -0.2) is 11.1 Å². The molecule has 1 atom stereocenters. The molecule has 1 unspecified atom stereocenters. The molecule has 0 aliphatic rings. The minimum Gasteiger partial charge on any atom is -0.550 e. The van der Waals surface area contributed by atoms with E-state index in [1.807, 2.05) is 19.1 Å². The number of benzene rings is 1. The second-order valence-corrected chi connectivity index (χ2v) is 3.98. The van der Waals surface area contributed by atoms with Gasteiger partial charge in [0.1, 0.15) is 5.75 Å². The number of carboxylic acid groups (broad SMARTS) is 1. The summed E-state index contributed by atoms with van der Waals surface area (Å²) in [7, 11) is 0. The molecule has 3 heteroatoms. The number of carbonyl (C=O) groups is 1. The van der Waals surface area contributed by atoms with Gasteiger partial charge in [-0.05, 0) is 42.9 Å². The van der Waals surface area contributed by atoms with Crippen molar-refractivity contribution in [2.24, 2.45) is 0 Å². The van der Waals surface area contributed by atoms with E-state index >= 15 is 0 Å². The monoisotopic (exact) mass is 207 g/mol. The van der Waals surface area contributed by atoms with Gasteiger partial charge >= 0.3 is 0 Å². The molecule has 0 spiro atoms. The van der Waals surface area contributed by atoms with Crippen molar-refractivity contribution >= 4 is 5.97 Å². The molecule has 0 aliphatic carbocycles. The van der Waals surface area contributed by atoms with Gasteiger partial charge in [0, 0.05) is 5.97 Å². The molecule has 15 heavy (non-hydrogen) atoms. The van der Waals surface area contributed by atoms with Crippen LogP contribution in [0.1, 0.15) is 36.0 Å². The first-order valence-corrected chi connectivity index (χ1v) is 4.91. The van der Waals surface area contributed by atoms with Crippen molar-refractivity contribution in [3.63, 3.8) is 0 Å². The van der Waals surface area contributed by atoms with E-state index in [2.05, 4.69) is 0 Å². The lowest BCUT2D eigenvalue weighted by Crippen LogP contribution is -2.23. The maximum atomic E-state index is 10.5. The topological polar surface area (TPSA) is 60.4 Å². The largest absolute Gasteiger partial charge is 0.550 e. The van der Waals surface area contributed by atoms with E-state index in [0.29, 0.717) is 0 Å². The zero-order valence-corrected chi connectivity index (χ0v) is 9.20. The summed E-state index contributed by atoms with van der Waals surface area (Å²) < 4.78 is 0. The number of hydrogen-bond acceptors (Lipinski definition) is 3. The Morgan fingerprint density at radius 3 is 2.27 bits per heavy atom. The fraction of sp³-hybridized carbons (Fsp3) is 0.417. The minimum atomic E-state index is -1.05. The fourth-order valence-corrected chi connectivity index (χ4v) is 1.64. The van der Waals surface area contributed by atoms with E-state index < -0.39 is 5.97 Å². The molecule has 0 heterocycles. The summed E-state index contributed by atoms with van der Waals surface area (Å²) in [6, 6.07) is 3.63. The number of carbonyl (C=O) groups excluding carboxylic acids is 1. The van der Waals surface area contributed by atoms with Gasteiger partial charge in [-0.3, -0.25) is 0 Å². The van der Waals surface area contributed by atoms with Gasteiger partial charge in [0.15, 0.2) is 0 Å². The summed E-state index contributed by atoms with van der Waals surface area (Å²) >= 11 is 0. The molecule has 1 aromatic carbocycles. The quantitative estimate of drug-likeness (QED) is 0.811. The van der Waals surface area contributed by atoms with Crippen LogP contribution in [-0.2, 0) is 4.79 Å². The molecule has 0 aliphatic heterocycles. The maximum absolute atomic E-state index is 10.5. The fourth-order valence-electron chi connectivity index (χ4n) is 1.64. The summed E-state index contributed by atoms with van der Waals surface area (Å²) in [6.07, 6.45) is 0.00363. The van der Waals surface area contributed by atoms with Gasteiger partial charge in [-0.15, -0.1) is 0 Å². The highest BCUT2D eigenvalue weighted by molar-refractivity contribution is 5.65. The molecule has 0 aromatic heterocycles. The third kappa shape index (κ3) is 2.72.